The highest BCUT2D eigenvalue weighted by molar-refractivity contribution is 5.76. The van der Waals surface area contributed by atoms with Gasteiger partial charge in [-0.3, -0.25) is 4.79 Å². The molecule has 2 N–H and O–H groups in total. The van der Waals surface area contributed by atoms with Gasteiger partial charge in [0.05, 0.1) is 5.92 Å². The Labute approximate surface area is 115 Å². The Bertz CT molecular complexity index is 327. The fourth-order valence-electron chi connectivity index (χ4n) is 2.26. The first-order chi connectivity index (χ1) is 8.82. The Morgan fingerprint density at radius 3 is 2.32 bits per heavy atom. The van der Waals surface area contributed by atoms with Gasteiger partial charge in [0, 0.05) is 19.6 Å². The number of urea groups is 1. The van der Waals surface area contributed by atoms with E-state index in [1.54, 1.807) is 11.9 Å². The molecule has 0 aromatic heterocycles. The summed E-state index contributed by atoms with van der Waals surface area (Å²) in [5.41, 5.74) is 0. The summed E-state index contributed by atoms with van der Waals surface area (Å²) in [7, 11) is 1.77. The Morgan fingerprint density at radius 2 is 1.89 bits per heavy atom. The van der Waals surface area contributed by atoms with Crippen LogP contribution in [0.1, 0.15) is 40.0 Å². The first kappa shape index (κ1) is 15.8. The van der Waals surface area contributed by atoms with Gasteiger partial charge in [-0.15, -0.1) is 0 Å². The lowest BCUT2D eigenvalue weighted by Crippen LogP contribution is -2.45. The van der Waals surface area contributed by atoms with Crippen LogP contribution in [-0.2, 0) is 4.79 Å². The van der Waals surface area contributed by atoms with Gasteiger partial charge in [-0.2, -0.15) is 0 Å². The van der Waals surface area contributed by atoms with Crippen LogP contribution in [0.5, 0.6) is 0 Å². The Morgan fingerprint density at radius 1 is 1.32 bits per heavy atom. The molecule has 0 radical (unpaired) electrons. The van der Waals surface area contributed by atoms with Gasteiger partial charge in [-0.05, 0) is 38.0 Å². The largest absolute Gasteiger partial charge is 0.481 e. The fraction of sp³-hybridized carbons (Fsp3) is 0.857. The van der Waals surface area contributed by atoms with Crippen LogP contribution in [0.15, 0.2) is 0 Å². The average Bonchev–Trinajstić information content (AvgIpc) is 3.15. The van der Waals surface area contributed by atoms with Gasteiger partial charge < -0.3 is 15.3 Å². The van der Waals surface area contributed by atoms with Gasteiger partial charge in [-0.25, -0.2) is 4.79 Å². The summed E-state index contributed by atoms with van der Waals surface area (Å²) in [4.78, 5) is 24.7. The van der Waals surface area contributed by atoms with Gasteiger partial charge in [-0.1, -0.05) is 13.8 Å². The Balaban J connectivity index is 2.39. The minimum Gasteiger partial charge on any atom is -0.481 e. The molecule has 1 aliphatic rings. The molecule has 5 heteroatoms. The maximum absolute atomic E-state index is 12.0. The lowest BCUT2D eigenvalue weighted by Gasteiger charge is -2.26. The van der Waals surface area contributed by atoms with E-state index in [0.717, 1.165) is 0 Å². The molecular weight excluding hydrogens is 244 g/mol. The number of aliphatic carboxylic acids is 1. The number of carbonyl (C=O) groups is 2. The molecule has 5 nitrogen and oxygen atoms in total. The lowest BCUT2D eigenvalue weighted by atomic mass is 9.97. The SMILES string of the molecule is CC(C)CC(CNC(=O)N(C)C(C)C1CC1)C(=O)O. The van der Waals surface area contributed by atoms with E-state index < -0.39 is 11.9 Å². The fourth-order valence-corrected chi connectivity index (χ4v) is 2.26. The molecule has 1 aliphatic carbocycles. The van der Waals surface area contributed by atoms with Crippen molar-refractivity contribution < 1.29 is 14.7 Å². The molecule has 1 saturated carbocycles. The minimum atomic E-state index is -0.841. The van der Waals surface area contributed by atoms with Crippen LogP contribution < -0.4 is 5.32 Å². The van der Waals surface area contributed by atoms with E-state index in [2.05, 4.69) is 5.32 Å². The summed E-state index contributed by atoms with van der Waals surface area (Å²) in [6.07, 6.45) is 2.95. The minimum absolute atomic E-state index is 0.172. The van der Waals surface area contributed by atoms with E-state index in [-0.39, 0.29) is 18.6 Å². The van der Waals surface area contributed by atoms with E-state index in [9.17, 15) is 9.59 Å². The highest BCUT2D eigenvalue weighted by Crippen LogP contribution is 2.34. The van der Waals surface area contributed by atoms with Gasteiger partial charge >= 0.3 is 12.0 Å². The molecule has 0 aromatic carbocycles. The lowest BCUT2D eigenvalue weighted by molar-refractivity contribution is -0.142. The predicted molar refractivity (Wildman–Crippen MR) is 73.9 cm³/mol. The quantitative estimate of drug-likeness (QED) is 0.745. The van der Waals surface area contributed by atoms with Crippen molar-refractivity contribution in [2.45, 2.75) is 46.1 Å². The predicted octanol–water partition coefficient (Wildman–Crippen LogP) is 2.17. The van der Waals surface area contributed by atoms with Crippen molar-refractivity contribution in [1.29, 1.82) is 0 Å². The van der Waals surface area contributed by atoms with Crippen LogP contribution in [0.4, 0.5) is 4.79 Å². The molecule has 2 amide bonds. The van der Waals surface area contributed by atoms with Gasteiger partial charge in [0.25, 0.3) is 0 Å². The summed E-state index contributed by atoms with van der Waals surface area (Å²) in [6, 6.07) is 0.0581. The van der Waals surface area contributed by atoms with Crippen molar-refractivity contribution in [2.24, 2.45) is 17.8 Å². The summed E-state index contributed by atoms with van der Waals surface area (Å²) in [5.74, 6) is -0.428. The van der Waals surface area contributed by atoms with Crippen molar-refractivity contribution in [3.8, 4) is 0 Å². The summed E-state index contributed by atoms with van der Waals surface area (Å²) < 4.78 is 0. The second-order valence-electron chi connectivity index (χ2n) is 6.04. The zero-order valence-corrected chi connectivity index (χ0v) is 12.3. The molecule has 1 fully saturated rings. The third-order valence-electron chi connectivity index (χ3n) is 3.84. The molecular formula is C14H26N2O3. The zero-order chi connectivity index (χ0) is 14.6. The zero-order valence-electron chi connectivity index (χ0n) is 12.3. The van der Waals surface area contributed by atoms with Crippen molar-refractivity contribution in [3.63, 3.8) is 0 Å². The van der Waals surface area contributed by atoms with Gasteiger partial charge in [0.1, 0.15) is 0 Å². The smallest absolute Gasteiger partial charge is 0.317 e. The monoisotopic (exact) mass is 270 g/mol. The molecule has 0 saturated heterocycles. The number of carbonyl (C=O) groups excluding carboxylic acids is 1. The first-order valence-corrected chi connectivity index (χ1v) is 7.06. The molecule has 0 aliphatic heterocycles. The summed E-state index contributed by atoms with van der Waals surface area (Å²) in [6.45, 7) is 6.21. The second kappa shape index (κ2) is 6.78. The topological polar surface area (TPSA) is 69.6 Å². The Kier molecular flexibility index (Phi) is 5.63. The third-order valence-corrected chi connectivity index (χ3v) is 3.84. The van der Waals surface area contributed by atoms with Crippen LogP contribution >= 0.6 is 0 Å². The van der Waals surface area contributed by atoms with Crippen molar-refractivity contribution in [1.82, 2.24) is 10.2 Å². The number of carboxylic acid groups (broad SMARTS) is 1. The van der Waals surface area contributed by atoms with Crippen LogP contribution in [0.25, 0.3) is 0 Å². The van der Waals surface area contributed by atoms with Crippen LogP contribution in [-0.4, -0.2) is 41.6 Å². The van der Waals surface area contributed by atoms with E-state index in [1.807, 2.05) is 20.8 Å². The summed E-state index contributed by atoms with van der Waals surface area (Å²) in [5, 5.41) is 11.9. The van der Waals surface area contributed by atoms with Gasteiger partial charge in [0.15, 0.2) is 0 Å². The number of carboxylic acids is 1. The van der Waals surface area contributed by atoms with Crippen LogP contribution in [0, 0.1) is 17.8 Å². The Hall–Kier alpha value is -1.26. The number of amides is 2. The number of nitrogens with zero attached hydrogens (tertiary/aromatic N) is 1. The van der Waals surface area contributed by atoms with E-state index in [0.29, 0.717) is 18.3 Å². The summed E-state index contributed by atoms with van der Waals surface area (Å²) >= 11 is 0. The second-order valence-corrected chi connectivity index (χ2v) is 6.04. The van der Waals surface area contributed by atoms with Crippen molar-refractivity contribution >= 4 is 12.0 Å². The molecule has 2 atom stereocenters. The number of hydrogen-bond donors (Lipinski definition) is 2. The molecule has 0 spiro atoms. The molecule has 110 valence electrons. The van der Waals surface area contributed by atoms with E-state index in [4.69, 9.17) is 5.11 Å². The number of hydrogen-bond acceptors (Lipinski definition) is 2. The third kappa shape index (κ3) is 5.09. The molecule has 19 heavy (non-hydrogen) atoms. The molecule has 0 bridgehead atoms. The first-order valence-electron chi connectivity index (χ1n) is 7.06. The normalized spacial score (nSPS) is 17.9. The number of nitrogens with one attached hydrogen (secondary N) is 1. The van der Waals surface area contributed by atoms with Crippen LogP contribution in [0.2, 0.25) is 0 Å². The molecule has 1 rings (SSSR count). The maximum Gasteiger partial charge on any atom is 0.317 e. The van der Waals surface area contributed by atoms with E-state index in [1.165, 1.54) is 12.8 Å². The average molecular weight is 270 g/mol. The van der Waals surface area contributed by atoms with E-state index >= 15 is 0 Å². The standard InChI is InChI=1S/C14H26N2O3/c1-9(2)7-12(13(17)18)8-15-14(19)16(4)10(3)11-5-6-11/h9-12H,5-8H2,1-4H3,(H,15,19)(H,17,18). The van der Waals surface area contributed by atoms with Crippen molar-refractivity contribution in [3.05, 3.63) is 0 Å². The number of rotatable bonds is 7. The van der Waals surface area contributed by atoms with Crippen LogP contribution in [0.3, 0.4) is 0 Å². The molecule has 2 unspecified atom stereocenters. The van der Waals surface area contributed by atoms with Crippen molar-refractivity contribution in [2.75, 3.05) is 13.6 Å². The highest BCUT2D eigenvalue weighted by Gasteiger charge is 2.32. The molecule has 0 heterocycles. The van der Waals surface area contributed by atoms with Gasteiger partial charge in [0.2, 0.25) is 0 Å². The maximum atomic E-state index is 12.0. The molecule has 0 aromatic rings. The highest BCUT2D eigenvalue weighted by atomic mass is 16.4.